The summed E-state index contributed by atoms with van der Waals surface area (Å²) in [5.41, 5.74) is 6.49. The van der Waals surface area contributed by atoms with Crippen LogP contribution in [0.15, 0.2) is 65.3 Å². The molecule has 3 aliphatic rings. The van der Waals surface area contributed by atoms with Gasteiger partial charge in [-0.3, -0.25) is 15.2 Å². The van der Waals surface area contributed by atoms with Crippen molar-refractivity contribution >= 4 is 12.1 Å². The SMILES string of the molecule is O=C(NNC=C1C=N[C@@H]2C=CC=C[C@@H]12)[C@H]1COc2ccccc2O1. The van der Waals surface area contributed by atoms with E-state index in [4.69, 9.17) is 9.47 Å². The maximum absolute atomic E-state index is 12.2. The minimum Gasteiger partial charge on any atom is -0.485 e. The molecular weight excluding hydrogens is 306 g/mol. The number of hydrogen-bond acceptors (Lipinski definition) is 5. The lowest BCUT2D eigenvalue weighted by Crippen LogP contribution is -2.47. The third-order valence-corrected chi connectivity index (χ3v) is 4.12. The van der Waals surface area contributed by atoms with Gasteiger partial charge in [-0.2, -0.15) is 0 Å². The van der Waals surface area contributed by atoms with E-state index in [0.29, 0.717) is 11.5 Å². The summed E-state index contributed by atoms with van der Waals surface area (Å²) >= 11 is 0. The van der Waals surface area contributed by atoms with Crippen LogP contribution in [-0.2, 0) is 4.79 Å². The van der Waals surface area contributed by atoms with Crippen molar-refractivity contribution in [2.24, 2.45) is 10.9 Å². The van der Waals surface area contributed by atoms with E-state index in [0.717, 1.165) is 5.57 Å². The molecule has 4 rings (SSSR count). The number of allylic oxidation sites excluding steroid dienone is 2. The zero-order valence-electron chi connectivity index (χ0n) is 12.9. The van der Waals surface area contributed by atoms with Gasteiger partial charge in [0, 0.05) is 18.3 Å². The summed E-state index contributed by atoms with van der Waals surface area (Å²) in [5.74, 6) is 1.17. The molecule has 0 spiro atoms. The average Bonchev–Trinajstić information content (AvgIpc) is 3.04. The standard InChI is InChI=1S/C18H17N3O3/c22-18(17-11-23-15-7-3-4-8-16(15)24-17)21-20-10-12-9-19-14-6-2-1-5-13(12)14/h1-10,13-14,17,20H,11H2,(H,21,22)/t13-,14+,17+/m0/s1. The van der Waals surface area contributed by atoms with E-state index in [-0.39, 0.29) is 24.5 Å². The highest BCUT2D eigenvalue weighted by Crippen LogP contribution is 2.31. The number of amides is 1. The number of hydrazine groups is 1. The van der Waals surface area contributed by atoms with Crippen molar-refractivity contribution in [2.45, 2.75) is 12.1 Å². The largest absolute Gasteiger partial charge is 0.485 e. The number of nitrogens with zero attached hydrogens (tertiary/aromatic N) is 1. The molecule has 0 saturated heterocycles. The molecule has 2 aliphatic heterocycles. The molecule has 6 heteroatoms. The highest BCUT2D eigenvalue weighted by molar-refractivity contribution is 5.84. The van der Waals surface area contributed by atoms with Gasteiger partial charge in [-0.05, 0) is 17.7 Å². The minimum absolute atomic E-state index is 0.158. The van der Waals surface area contributed by atoms with E-state index >= 15 is 0 Å². The number of para-hydroxylation sites is 2. The Morgan fingerprint density at radius 1 is 1.21 bits per heavy atom. The molecule has 0 unspecified atom stereocenters. The van der Waals surface area contributed by atoms with Crippen molar-refractivity contribution in [2.75, 3.05) is 6.61 Å². The fraction of sp³-hybridized carbons (Fsp3) is 0.222. The van der Waals surface area contributed by atoms with Crippen molar-refractivity contribution in [1.29, 1.82) is 0 Å². The third kappa shape index (κ3) is 2.78. The summed E-state index contributed by atoms with van der Waals surface area (Å²) in [4.78, 5) is 16.6. The monoisotopic (exact) mass is 323 g/mol. The first-order valence-corrected chi connectivity index (χ1v) is 7.83. The van der Waals surface area contributed by atoms with Gasteiger partial charge < -0.3 is 14.9 Å². The lowest BCUT2D eigenvalue weighted by Gasteiger charge is -2.25. The summed E-state index contributed by atoms with van der Waals surface area (Å²) in [6.07, 6.45) is 11.1. The molecule has 0 fully saturated rings. The first kappa shape index (κ1) is 14.6. The van der Waals surface area contributed by atoms with Crippen molar-refractivity contribution in [3.63, 3.8) is 0 Å². The quantitative estimate of drug-likeness (QED) is 0.828. The number of nitrogens with one attached hydrogen (secondary N) is 2. The average molecular weight is 323 g/mol. The third-order valence-electron chi connectivity index (χ3n) is 4.12. The minimum atomic E-state index is -0.687. The Morgan fingerprint density at radius 3 is 2.96 bits per heavy atom. The Bertz CT molecular complexity index is 767. The van der Waals surface area contributed by atoms with Gasteiger partial charge in [-0.1, -0.05) is 36.4 Å². The fourth-order valence-corrected chi connectivity index (χ4v) is 2.86. The van der Waals surface area contributed by atoms with Gasteiger partial charge in [0.15, 0.2) is 11.5 Å². The lowest BCUT2D eigenvalue weighted by molar-refractivity contribution is -0.131. The second-order valence-corrected chi connectivity index (χ2v) is 5.71. The van der Waals surface area contributed by atoms with E-state index in [1.165, 1.54) is 0 Å². The van der Waals surface area contributed by atoms with Crippen LogP contribution in [0.4, 0.5) is 0 Å². The highest BCUT2D eigenvalue weighted by Gasteiger charge is 2.28. The maximum atomic E-state index is 12.2. The molecular formula is C18H17N3O3. The molecule has 6 nitrogen and oxygen atoms in total. The number of hydrogen-bond donors (Lipinski definition) is 2. The van der Waals surface area contributed by atoms with Crippen LogP contribution in [0.25, 0.3) is 0 Å². The van der Waals surface area contributed by atoms with Crippen molar-refractivity contribution < 1.29 is 14.3 Å². The summed E-state index contributed by atoms with van der Waals surface area (Å²) in [7, 11) is 0. The van der Waals surface area contributed by atoms with Gasteiger partial charge in [0.2, 0.25) is 6.10 Å². The molecule has 0 bridgehead atoms. The molecule has 1 aromatic carbocycles. The number of benzene rings is 1. The van der Waals surface area contributed by atoms with Gasteiger partial charge in [0.05, 0.1) is 6.04 Å². The number of aliphatic imine (C=N–C) groups is 1. The number of carbonyl (C=O) groups excluding carboxylic acids is 1. The molecule has 24 heavy (non-hydrogen) atoms. The Morgan fingerprint density at radius 2 is 2.04 bits per heavy atom. The van der Waals surface area contributed by atoms with Crippen LogP contribution in [0.2, 0.25) is 0 Å². The Balaban J connectivity index is 1.33. The second-order valence-electron chi connectivity index (χ2n) is 5.71. The van der Waals surface area contributed by atoms with Gasteiger partial charge in [-0.25, -0.2) is 0 Å². The van der Waals surface area contributed by atoms with E-state index in [2.05, 4.69) is 28.0 Å². The first-order valence-electron chi connectivity index (χ1n) is 7.83. The zero-order chi connectivity index (χ0) is 16.4. The van der Waals surface area contributed by atoms with Crippen molar-refractivity contribution in [3.05, 3.63) is 60.3 Å². The van der Waals surface area contributed by atoms with Crippen LogP contribution >= 0.6 is 0 Å². The number of ether oxygens (including phenoxy) is 2. The molecule has 2 heterocycles. The van der Waals surface area contributed by atoms with Gasteiger partial charge in [-0.15, -0.1) is 0 Å². The van der Waals surface area contributed by atoms with Crippen molar-refractivity contribution in [1.82, 2.24) is 10.9 Å². The maximum Gasteiger partial charge on any atom is 0.282 e. The molecule has 2 N–H and O–H groups in total. The van der Waals surface area contributed by atoms with E-state index in [1.807, 2.05) is 36.6 Å². The van der Waals surface area contributed by atoms with Crippen LogP contribution in [0.3, 0.4) is 0 Å². The zero-order valence-corrected chi connectivity index (χ0v) is 12.9. The van der Waals surface area contributed by atoms with Crippen LogP contribution in [0.1, 0.15) is 0 Å². The molecule has 3 atom stereocenters. The van der Waals surface area contributed by atoms with Crippen LogP contribution in [-0.4, -0.2) is 30.9 Å². The lowest BCUT2D eigenvalue weighted by atomic mass is 9.92. The number of carbonyl (C=O) groups is 1. The number of rotatable bonds is 3. The smallest absolute Gasteiger partial charge is 0.282 e. The summed E-state index contributed by atoms with van der Waals surface area (Å²) < 4.78 is 11.2. The molecule has 122 valence electrons. The Hall–Kier alpha value is -3.02. The first-order chi connectivity index (χ1) is 11.8. The van der Waals surface area contributed by atoms with Gasteiger partial charge in [0.25, 0.3) is 5.91 Å². The molecule has 0 radical (unpaired) electrons. The number of fused-ring (bicyclic) bond motifs is 2. The second kappa shape index (κ2) is 6.23. The van der Waals surface area contributed by atoms with Crippen LogP contribution < -0.4 is 20.3 Å². The van der Waals surface area contributed by atoms with E-state index in [9.17, 15) is 4.79 Å². The Labute approximate surface area is 139 Å². The predicted molar refractivity (Wildman–Crippen MR) is 89.8 cm³/mol. The fourth-order valence-electron chi connectivity index (χ4n) is 2.86. The molecule has 1 aromatic rings. The molecule has 1 aliphatic carbocycles. The van der Waals surface area contributed by atoms with E-state index < -0.39 is 6.10 Å². The summed E-state index contributed by atoms with van der Waals surface area (Å²) in [5, 5.41) is 0. The summed E-state index contributed by atoms with van der Waals surface area (Å²) in [6, 6.07) is 7.45. The van der Waals surface area contributed by atoms with Crippen LogP contribution in [0, 0.1) is 5.92 Å². The highest BCUT2D eigenvalue weighted by atomic mass is 16.6. The topological polar surface area (TPSA) is 72.0 Å². The van der Waals surface area contributed by atoms with Gasteiger partial charge in [0.1, 0.15) is 6.61 Å². The molecule has 1 amide bonds. The predicted octanol–water partition coefficient (Wildman–Crippen LogP) is 1.53. The van der Waals surface area contributed by atoms with Gasteiger partial charge >= 0.3 is 0 Å². The summed E-state index contributed by atoms with van der Waals surface area (Å²) in [6.45, 7) is 0.181. The Kier molecular flexibility index (Phi) is 3.78. The van der Waals surface area contributed by atoms with Crippen LogP contribution in [0.5, 0.6) is 11.5 Å². The molecule has 0 aromatic heterocycles. The normalized spacial score (nSPS) is 27.8. The molecule has 0 saturated carbocycles. The van der Waals surface area contributed by atoms with Crippen molar-refractivity contribution in [3.8, 4) is 11.5 Å². The van der Waals surface area contributed by atoms with E-state index in [1.54, 1.807) is 12.3 Å².